The first kappa shape index (κ1) is 14.6. The Balaban J connectivity index is 2.92. The topological polar surface area (TPSA) is 58.6 Å². The summed E-state index contributed by atoms with van der Waals surface area (Å²) < 4.78 is 42.3. The second-order valence-electron chi connectivity index (χ2n) is 3.17. The Labute approximate surface area is 105 Å². The van der Waals surface area contributed by atoms with Crippen LogP contribution in [0.3, 0.4) is 0 Å². The smallest absolute Gasteiger partial charge is 0.418 e. The van der Waals surface area contributed by atoms with Gasteiger partial charge in [0.05, 0.1) is 17.9 Å². The monoisotopic (exact) mass is 283 g/mol. The highest BCUT2D eigenvalue weighted by molar-refractivity contribution is 6.30. The third kappa shape index (κ3) is 4.08. The van der Waals surface area contributed by atoms with Crippen LogP contribution in [-0.2, 0) is 10.9 Å². The van der Waals surface area contributed by atoms with E-state index in [1.54, 1.807) is 0 Å². The lowest BCUT2D eigenvalue weighted by molar-refractivity contribution is -0.136. The Bertz CT molecular complexity index is 437. The van der Waals surface area contributed by atoms with Crippen LogP contribution in [0.1, 0.15) is 5.56 Å². The molecule has 0 unspecified atom stereocenters. The van der Waals surface area contributed by atoms with Gasteiger partial charge in [-0.25, -0.2) is 4.79 Å². The van der Waals surface area contributed by atoms with Gasteiger partial charge in [0, 0.05) is 5.02 Å². The molecular weight excluding hydrogens is 275 g/mol. The van der Waals surface area contributed by atoms with Crippen LogP contribution in [0, 0.1) is 0 Å². The first-order valence-corrected chi connectivity index (χ1v) is 5.14. The molecule has 0 radical (unpaired) electrons. The lowest BCUT2D eigenvalue weighted by Gasteiger charge is -2.13. The number of halogens is 4. The van der Waals surface area contributed by atoms with Gasteiger partial charge in [-0.05, 0) is 18.2 Å². The number of benzene rings is 1. The second kappa shape index (κ2) is 5.92. The highest BCUT2D eigenvalue weighted by atomic mass is 35.5. The Morgan fingerprint density at radius 2 is 2.11 bits per heavy atom. The van der Waals surface area contributed by atoms with Gasteiger partial charge < -0.3 is 9.84 Å². The zero-order valence-electron chi connectivity index (χ0n) is 8.92. The lowest BCUT2D eigenvalue weighted by atomic mass is 10.1. The largest absolute Gasteiger partial charge is 0.447 e. The molecule has 0 saturated heterocycles. The van der Waals surface area contributed by atoms with E-state index in [0.29, 0.717) is 6.07 Å². The average molecular weight is 284 g/mol. The fourth-order valence-electron chi connectivity index (χ4n) is 1.14. The summed E-state index contributed by atoms with van der Waals surface area (Å²) >= 11 is 5.47. The molecule has 0 heterocycles. The maximum absolute atomic E-state index is 12.6. The number of rotatable bonds is 3. The van der Waals surface area contributed by atoms with E-state index in [1.165, 1.54) is 6.07 Å². The first-order valence-electron chi connectivity index (χ1n) is 4.76. The predicted octanol–water partition coefficient (Wildman–Crippen LogP) is 2.90. The number of aliphatic hydroxyl groups is 1. The van der Waals surface area contributed by atoms with Gasteiger partial charge in [0.15, 0.2) is 0 Å². The number of alkyl halides is 3. The molecule has 0 bridgehead atoms. The molecule has 1 rings (SSSR count). The van der Waals surface area contributed by atoms with Crippen LogP contribution in [0.25, 0.3) is 0 Å². The molecule has 0 saturated carbocycles. The van der Waals surface area contributed by atoms with Crippen molar-refractivity contribution in [2.24, 2.45) is 0 Å². The number of amides is 1. The summed E-state index contributed by atoms with van der Waals surface area (Å²) in [6.07, 6.45) is -5.73. The second-order valence-corrected chi connectivity index (χ2v) is 3.61. The first-order chi connectivity index (χ1) is 8.34. The minimum atomic E-state index is -4.65. The van der Waals surface area contributed by atoms with Crippen LogP contribution in [0.5, 0.6) is 0 Å². The van der Waals surface area contributed by atoms with Gasteiger partial charge in [0.1, 0.15) is 6.61 Å². The Morgan fingerprint density at radius 3 is 2.67 bits per heavy atom. The van der Waals surface area contributed by atoms with Gasteiger partial charge in [0.25, 0.3) is 0 Å². The van der Waals surface area contributed by atoms with Crippen LogP contribution in [-0.4, -0.2) is 24.4 Å². The van der Waals surface area contributed by atoms with Gasteiger partial charge in [-0.15, -0.1) is 0 Å². The number of ether oxygens (including phenoxy) is 1. The molecule has 0 fully saturated rings. The molecule has 0 atom stereocenters. The summed E-state index contributed by atoms with van der Waals surface area (Å²) in [7, 11) is 0. The average Bonchev–Trinajstić information content (AvgIpc) is 2.27. The van der Waals surface area contributed by atoms with Crippen molar-refractivity contribution >= 4 is 23.4 Å². The van der Waals surface area contributed by atoms with Crippen LogP contribution in [0.4, 0.5) is 23.7 Å². The molecule has 4 nitrogen and oxygen atoms in total. The summed E-state index contributed by atoms with van der Waals surface area (Å²) in [6, 6.07) is 2.92. The molecule has 1 aromatic carbocycles. The van der Waals surface area contributed by atoms with E-state index in [9.17, 15) is 18.0 Å². The number of nitrogens with one attached hydrogen (secondary N) is 1. The summed E-state index contributed by atoms with van der Waals surface area (Å²) in [5.74, 6) is 0. The van der Waals surface area contributed by atoms with Gasteiger partial charge in [-0.1, -0.05) is 11.6 Å². The quantitative estimate of drug-likeness (QED) is 0.897. The van der Waals surface area contributed by atoms with Gasteiger partial charge >= 0.3 is 12.3 Å². The van der Waals surface area contributed by atoms with E-state index in [4.69, 9.17) is 16.7 Å². The molecule has 0 aliphatic carbocycles. The zero-order chi connectivity index (χ0) is 13.8. The summed E-state index contributed by atoms with van der Waals surface area (Å²) in [6.45, 7) is -0.721. The number of hydrogen-bond donors (Lipinski definition) is 2. The van der Waals surface area contributed by atoms with Crippen LogP contribution in [0.15, 0.2) is 18.2 Å². The molecule has 2 N–H and O–H groups in total. The summed E-state index contributed by atoms with van der Waals surface area (Å²) in [5.41, 5.74) is -1.54. The zero-order valence-corrected chi connectivity index (χ0v) is 9.68. The maximum Gasteiger partial charge on any atom is 0.418 e. The van der Waals surface area contributed by atoms with E-state index in [2.05, 4.69) is 4.74 Å². The van der Waals surface area contributed by atoms with Crippen LogP contribution < -0.4 is 5.32 Å². The molecule has 0 aromatic heterocycles. The van der Waals surface area contributed by atoms with Crippen molar-refractivity contribution in [3.63, 3.8) is 0 Å². The molecule has 8 heteroatoms. The number of carbonyl (C=O) groups excluding carboxylic acids is 1. The fourth-order valence-corrected chi connectivity index (χ4v) is 1.32. The Morgan fingerprint density at radius 1 is 1.44 bits per heavy atom. The third-order valence-electron chi connectivity index (χ3n) is 1.85. The molecule has 0 aliphatic heterocycles. The van der Waals surface area contributed by atoms with E-state index in [-0.39, 0.29) is 11.6 Å². The lowest BCUT2D eigenvalue weighted by Crippen LogP contribution is -2.19. The van der Waals surface area contributed by atoms with Crippen LogP contribution in [0.2, 0.25) is 5.02 Å². The van der Waals surface area contributed by atoms with E-state index in [1.807, 2.05) is 5.32 Å². The van der Waals surface area contributed by atoms with Crippen molar-refractivity contribution in [2.45, 2.75) is 6.18 Å². The van der Waals surface area contributed by atoms with Crippen molar-refractivity contribution < 1.29 is 27.8 Å². The molecular formula is C10H9ClF3NO3. The fraction of sp³-hybridized carbons (Fsp3) is 0.300. The number of hydrogen-bond acceptors (Lipinski definition) is 3. The maximum atomic E-state index is 12.6. The van der Waals surface area contributed by atoms with Gasteiger partial charge in [0.2, 0.25) is 0 Å². The Hall–Kier alpha value is -1.47. The van der Waals surface area contributed by atoms with Crippen molar-refractivity contribution in [3.8, 4) is 0 Å². The highest BCUT2D eigenvalue weighted by Crippen LogP contribution is 2.36. The minimum Gasteiger partial charge on any atom is -0.447 e. The Kier molecular flexibility index (Phi) is 4.80. The third-order valence-corrected chi connectivity index (χ3v) is 2.08. The van der Waals surface area contributed by atoms with Crippen LogP contribution >= 0.6 is 11.6 Å². The predicted molar refractivity (Wildman–Crippen MR) is 58.5 cm³/mol. The summed E-state index contributed by atoms with van der Waals surface area (Å²) in [4.78, 5) is 11.1. The number of aliphatic hydroxyl groups excluding tert-OH is 1. The van der Waals surface area contributed by atoms with E-state index >= 15 is 0 Å². The van der Waals surface area contributed by atoms with Gasteiger partial charge in [-0.2, -0.15) is 13.2 Å². The SMILES string of the molecule is O=C(Nc1ccc(Cl)cc1C(F)(F)F)OCCO. The standard InChI is InChI=1S/C10H9ClF3NO3/c11-6-1-2-8(7(5-6)10(12,13)14)15-9(17)18-4-3-16/h1-2,5,16H,3-4H2,(H,15,17). The summed E-state index contributed by atoms with van der Waals surface area (Å²) in [5, 5.41) is 10.2. The van der Waals surface area contributed by atoms with Crippen molar-refractivity contribution in [1.29, 1.82) is 0 Å². The molecule has 0 spiro atoms. The van der Waals surface area contributed by atoms with Crippen molar-refractivity contribution in [1.82, 2.24) is 0 Å². The van der Waals surface area contributed by atoms with Crippen molar-refractivity contribution in [3.05, 3.63) is 28.8 Å². The molecule has 18 heavy (non-hydrogen) atoms. The number of anilines is 1. The van der Waals surface area contributed by atoms with Gasteiger partial charge in [-0.3, -0.25) is 5.32 Å². The molecule has 1 aromatic rings. The normalized spacial score (nSPS) is 11.2. The highest BCUT2D eigenvalue weighted by Gasteiger charge is 2.34. The molecule has 1 amide bonds. The molecule has 100 valence electrons. The van der Waals surface area contributed by atoms with E-state index in [0.717, 1.165) is 6.07 Å². The molecule has 0 aliphatic rings. The van der Waals surface area contributed by atoms with E-state index < -0.39 is 30.1 Å². The number of carbonyl (C=O) groups is 1. The minimum absolute atomic E-state index is 0.100. The van der Waals surface area contributed by atoms with Crippen molar-refractivity contribution in [2.75, 3.05) is 18.5 Å².